The van der Waals surface area contributed by atoms with E-state index in [2.05, 4.69) is 0 Å². The zero-order chi connectivity index (χ0) is 38.4. The van der Waals surface area contributed by atoms with Crippen LogP contribution in [0, 0.1) is 0 Å². The van der Waals surface area contributed by atoms with Gasteiger partial charge in [-0.1, -0.05) is 151 Å². The summed E-state index contributed by atoms with van der Waals surface area (Å²) in [6.07, 6.45) is 0. The van der Waals surface area contributed by atoms with Gasteiger partial charge in [-0.2, -0.15) is 0 Å². The third-order valence-corrected chi connectivity index (χ3v) is 8.31. The average Bonchev–Trinajstić information content (AvgIpc) is 3.60. The van der Waals surface area contributed by atoms with Gasteiger partial charge in [0.1, 0.15) is 11.2 Å². The van der Waals surface area contributed by atoms with Gasteiger partial charge in [0.05, 0.1) is 13.7 Å². The van der Waals surface area contributed by atoms with Gasteiger partial charge in [-0.3, -0.25) is 0 Å². The lowest BCUT2D eigenvalue weighted by molar-refractivity contribution is 0.670. The van der Waals surface area contributed by atoms with Crippen molar-refractivity contribution in [3.8, 4) is 44.5 Å². The highest BCUT2D eigenvalue weighted by atomic mass is 16.3. The van der Waals surface area contributed by atoms with Gasteiger partial charge in [-0.05, 0) is 78.6 Å². The molecule has 0 aliphatic heterocycles. The van der Waals surface area contributed by atoms with Crippen molar-refractivity contribution in [1.29, 1.82) is 0 Å². The molecule has 9 rings (SSSR count). The Morgan fingerprint density at radius 1 is 0.400 bits per heavy atom. The van der Waals surface area contributed by atoms with Crippen LogP contribution in [0.25, 0.3) is 88.0 Å². The molecule has 210 valence electrons. The number of benzene rings is 8. The molecular weight excluding hydrogens is 544 g/mol. The van der Waals surface area contributed by atoms with E-state index < -0.39 is 12.1 Å². The summed E-state index contributed by atoms with van der Waals surface area (Å²) in [6.45, 7) is 0. The van der Waals surface area contributed by atoms with Crippen LogP contribution in [0.1, 0.15) is 13.7 Å². The smallest absolute Gasteiger partial charge is 0.143 e. The fourth-order valence-electron chi connectivity index (χ4n) is 6.36. The van der Waals surface area contributed by atoms with E-state index in [4.69, 9.17) is 12.6 Å². The molecule has 0 aliphatic carbocycles. The molecule has 1 nitrogen and oxygen atoms in total. The molecular formula is C44H28O. The Hall–Kier alpha value is -5.92. The van der Waals surface area contributed by atoms with Crippen LogP contribution in [0.15, 0.2) is 174 Å². The minimum absolute atomic E-state index is 0.0682. The van der Waals surface area contributed by atoms with Crippen LogP contribution in [0.4, 0.5) is 0 Å². The van der Waals surface area contributed by atoms with E-state index in [1.807, 2.05) is 60.7 Å². The molecule has 1 heteroatoms. The van der Waals surface area contributed by atoms with Gasteiger partial charge in [0.25, 0.3) is 0 Å². The fourth-order valence-corrected chi connectivity index (χ4v) is 6.36. The highest BCUT2D eigenvalue weighted by Crippen LogP contribution is 2.48. The summed E-state index contributed by atoms with van der Waals surface area (Å²) in [5, 5.41) is 2.73. The highest BCUT2D eigenvalue weighted by molar-refractivity contribution is 6.26. The summed E-state index contributed by atoms with van der Waals surface area (Å²) >= 11 is 0. The molecule has 0 saturated carbocycles. The molecule has 0 unspecified atom stereocenters. The van der Waals surface area contributed by atoms with Crippen molar-refractivity contribution in [2.45, 2.75) is 0 Å². The second-order valence-electron chi connectivity index (χ2n) is 10.8. The van der Waals surface area contributed by atoms with Crippen LogP contribution in [-0.2, 0) is 0 Å². The van der Waals surface area contributed by atoms with E-state index in [9.17, 15) is 5.48 Å². The molecule has 0 amide bonds. The second-order valence-corrected chi connectivity index (χ2v) is 10.8. The summed E-state index contributed by atoms with van der Waals surface area (Å²) < 4.78 is 97.0. The zero-order valence-electron chi connectivity index (χ0n) is 33.8. The van der Waals surface area contributed by atoms with Gasteiger partial charge < -0.3 is 4.42 Å². The summed E-state index contributed by atoms with van der Waals surface area (Å²) in [5.74, 6) is 0. The maximum absolute atomic E-state index is 9.72. The second kappa shape index (κ2) is 10.4. The van der Waals surface area contributed by atoms with Crippen molar-refractivity contribution < 1.29 is 18.1 Å². The van der Waals surface area contributed by atoms with Gasteiger partial charge >= 0.3 is 0 Å². The van der Waals surface area contributed by atoms with Gasteiger partial charge in [0, 0.05) is 16.3 Å². The van der Waals surface area contributed by atoms with E-state index in [0.717, 1.165) is 0 Å². The first kappa shape index (κ1) is 17.4. The Morgan fingerprint density at radius 2 is 0.956 bits per heavy atom. The van der Waals surface area contributed by atoms with Crippen molar-refractivity contribution in [3.05, 3.63) is 170 Å². The molecule has 1 aromatic heterocycles. The maximum atomic E-state index is 9.72. The molecule has 0 N–H and O–H groups in total. The standard InChI is InChI=1S/C44H28O/c1-3-14-29(15-4-1)31-18-13-19-32(28-31)41-34-20-7-9-22-36(34)42(37-23-10-8-21-35(37)41)39-27-26-33(30-16-5-2-6-17-30)44-43(39)38-24-11-12-25-40(38)45-44/h1-28H/i11D,12D,13D,18D,19D,24D,25D,26D,27D,28D. The minimum Gasteiger partial charge on any atom is -0.455 e. The molecule has 0 radical (unpaired) electrons. The third kappa shape index (κ3) is 4.09. The van der Waals surface area contributed by atoms with E-state index in [1.54, 1.807) is 48.5 Å². The number of fused-ring (bicyclic) bond motifs is 5. The fraction of sp³-hybridized carbons (Fsp3) is 0. The molecule has 45 heavy (non-hydrogen) atoms. The van der Waals surface area contributed by atoms with Crippen molar-refractivity contribution in [3.63, 3.8) is 0 Å². The number of hydrogen-bond donors (Lipinski definition) is 0. The molecule has 0 bridgehead atoms. The van der Waals surface area contributed by atoms with E-state index >= 15 is 0 Å². The first-order chi connectivity index (χ1) is 26.5. The predicted octanol–water partition coefficient (Wildman–Crippen LogP) is 12.6. The Labute approximate surface area is 275 Å². The number of rotatable bonds is 4. The molecule has 0 atom stereocenters. The first-order valence-corrected chi connectivity index (χ1v) is 14.6. The summed E-state index contributed by atoms with van der Waals surface area (Å²) in [5.41, 5.74) is 3.19. The Bertz CT molecular complexity index is 3030. The highest BCUT2D eigenvalue weighted by Gasteiger charge is 2.22. The van der Waals surface area contributed by atoms with E-state index in [0.29, 0.717) is 43.8 Å². The first-order valence-electron chi connectivity index (χ1n) is 19.6. The summed E-state index contributed by atoms with van der Waals surface area (Å²) in [6, 6.07) is 29.9. The molecule has 0 fully saturated rings. The lowest BCUT2D eigenvalue weighted by Crippen LogP contribution is -1.92. The summed E-state index contributed by atoms with van der Waals surface area (Å²) in [4.78, 5) is 0. The van der Waals surface area contributed by atoms with Crippen molar-refractivity contribution >= 4 is 43.5 Å². The Morgan fingerprint density at radius 3 is 1.64 bits per heavy atom. The molecule has 9 aromatic rings. The lowest BCUT2D eigenvalue weighted by Gasteiger charge is -2.19. The normalized spacial score (nSPS) is 14.7. The zero-order valence-corrected chi connectivity index (χ0v) is 23.8. The molecule has 0 saturated heterocycles. The van der Waals surface area contributed by atoms with Crippen LogP contribution >= 0.6 is 0 Å². The van der Waals surface area contributed by atoms with Crippen LogP contribution in [0.2, 0.25) is 0 Å². The Kier molecular flexibility index (Phi) is 4.01. The monoisotopic (exact) mass is 582 g/mol. The van der Waals surface area contributed by atoms with Crippen LogP contribution in [0.3, 0.4) is 0 Å². The van der Waals surface area contributed by atoms with E-state index in [-0.39, 0.29) is 92.5 Å². The minimum atomic E-state index is -0.462. The molecule has 8 aromatic carbocycles. The number of hydrogen-bond acceptors (Lipinski definition) is 1. The van der Waals surface area contributed by atoms with Crippen LogP contribution in [-0.4, -0.2) is 0 Å². The third-order valence-electron chi connectivity index (χ3n) is 8.31. The quantitative estimate of drug-likeness (QED) is 0.188. The van der Waals surface area contributed by atoms with Gasteiger partial charge in [-0.15, -0.1) is 0 Å². The number of furan rings is 1. The van der Waals surface area contributed by atoms with Crippen LogP contribution < -0.4 is 0 Å². The van der Waals surface area contributed by atoms with Gasteiger partial charge in [0.15, 0.2) is 0 Å². The van der Waals surface area contributed by atoms with Crippen molar-refractivity contribution in [2.24, 2.45) is 0 Å². The number of para-hydroxylation sites is 1. The van der Waals surface area contributed by atoms with Gasteiger partial charge in [-0.25, -0.2) is 0 Å². The molecule has 0 aliphatic rings. The van der Waals surface area contributed by atoms with Crippen LogP contribution in [0.5, 0.6) is 0 Å². The molecule has 0 spiro atoms. The SMILES string of the molecule is [2H]c1c([2H])c(-c2ccccc2)c([2H])c(-c2c3ccccc3c(-c3c([2H])c([2H])c(-c4ccccc4)c4oc5c([2H])c([2H])c([2H])c([2H])c5c34)c3ccccc23)c1[2H]. The van der Waals surface area contributed by atoms with Gasteiger partial charge in [0.2, 0.25) is 0 Å². The summed E-state index contributed by atoms with van der Waals surface area (Å²) in [7, 11) is 0. The Balaban J connectivity index is 1.51. The predicted molar refractivity (Wildman–Crippen MR) is 190 cm³/mol. The topological polar surface area (TPSA) is 13.1 Å². The average molecular weight is 583 g/mol. The van der Waals surface area contributed by atoms with Crippen molar-refractivity contribution in [2.75, 3.05) is 0 Å². The maximum Gasteiger partial charge on any atom is 0.143 e. The molecule has 1 heterocycles. The lowest BCUT2D eigenvalue weighted by atomic mass is 9.84. The largest absolute Gasteiger partial charge is 0.455 e. The van der Waals surface area contributed by atoms with Crippen molar-refractivity contribution in [1.82, 2.24) is 0 Å². The van der Waals surface area contributed by atoms with E-state index in [1.165, 1.54) is 0 Å².